The molecule has 0 aromatic heterocycles. The van der Waals surface area contributed by atoms with Crippen LogP contribution in [0.25, 0.3) is 0 Å². The predicted octanol–water partition coefficient (Wildman–Crippen LogP) is 0.447. The van der Waals surface area contributed by atoms with Crippen LogP contribution in [0.1, 0.15) is 0 Å². The summed E-state index contributed by atoms with van der Waals surface area (Å²) in [5.41, 5.74) is 0.911. The largest absolute Gasteiger partial charge is 0.495 e. The van der Waals surface area contributed by atoms with Crippen molar-refractivity contribution in [3.63, 3.8) is 0 Å². The number of para-hydroxylation sites is 2. The van der Waals surface area contributed by atoms with Gasteiger partial charge in [-0.3, -0.25) is 9.11 Å². The second-order valence-corrected chi connectivity index (χ2v) is 3.69. The van der Waals surface area contributed by atoms with E-state index in [4.69, 9.17) is 27.4 Å². The van der Waals surface area contributed by atoms with Crippen molar-refractivity contribution in [2.45, 2.75) is 0 Å². The number of benzene rings is 1. The summed E-state index contributed by atoms with van der Waals surface area (Å²) in [6, 6.07) is 7.61. The third kappa shape index (κ3) is 9.57. The molecule has 17 heavy (non-hydrogen) atoms. The van der Waals surface area contributed by atoms with Crippen LogP contribution in [-0.4, -0.2) is 42.9 Å². The Hall–Kier alpha value is -1.35. The van der Waals surface area contributed by atoms with Crippen LogP contribution in [0, 0.1) is 0 Å². The molecular formula is C9H15NO6S. The summed E-state index contributed by atoms with van der Waals surface area (Å²) in [7, 11) is -3.04. The first-order valence-corrected chi connectivity index (χ1v) is 5.95. The van der Waals surface area contributed by atoms with E-state index >= 15 is 0 Å². The molecule has 0 radical (unpaired) electrons. The Morgan fingerprint density at radius 3 is 2.29 bits per heavy atom. The molecule has 0 aliphatic rings. The third-order valence-electron chi connectivity index (χ3n) is 1.53. The number of hydrogen-bond donors (Lipinski definition) is 4. The Bertz CT molecular complexity index is 411. The molecule has 0 aliphatic carbocycles. The van der Waals surface area contributed by atoms with Gasteiger partial charge in [0, 0.05) is 6.54 Å². The van der Waals surface area contributed by atoms with Gasteiger partial charge >= 0.3 is 10.4 Å². The van der Waals surface area contributed by atoms with E-state index < -0.39 is 10.4 Å². The third-order valence-corrected chi connectivity index (χ3v) is 1.53. The van der Waals surface area contributed by atoms with Crippen molar-refractivity contribution >= 4 is 16.1 Å². The lowest BCUT2D eigenvalue weighted by molar-refractivity contribution is 0.311. The van der Waals surface area contributed by atoms with Crippen molar-refractivity contribution in [3.8, 4) is 5.75 Å². The monoisotopic (exact) mass is 265 g/mol. The number of rotatable bonds is 4. The first-order chi connectivity index (χ1) is 7.88. The standard InChI is InChI=1S/C9H13NO2.H2O4S/c1-12-9-5-3-2-4-8(9)10-6-7-11;1-5(2,3)4/h2-5,10-11H,6-7H2,1H3;(H2,1,2,3,4). The molecule has 1 aromatic carbocycles. The quantitative estimate of drug-likeness (QED) is 0.584. The topological polar surface area (TPSA) is 116 Å². The van der Waals surface area contributed by atoms with Crippen molar-refractivity contribution in [2.24, 2.45) is 0 Å². The highest BCUT2D eigenvalue weighted by atomic mass is 32.3. The van der Waals surface area contributed by atoms with Crippen LogP contribution in [-0.2, 0) is 10.4 Å². The van der Waals surface area contributed by atoms with Gasteiger partial charge in [0.2, 0.25) is 0 Å². The Morgan fingerprint density at radius 1 is 1.29 bits per heavy atom. The first-order valence-electron chi connectivity index (χ1n) is 4.56. The highest BCUT2D eigenvalue weighted by Gasteiger charge is 1.98. The number of methoxy groups -OCH3 is 1. The van der Waals surface area contributed by atoms with E-state index in [2.05, 4.69) is 5.32 Å². The fourth-order valence-electron chi connectivity index (χ4n) is 0.981. The summed E-state index contributed by atoms with van der Waals surface area (Å²) in [5, 5.41) is 11.6. The molecule has 0 amide bonds. The number of hydrogen-bond acceptors (Lipinski definition) is 5. The Balaban J connectivity index is 0.000000437. The predicted molar refractivity (Wildman–Crippen MR) is 62.7 cm³/mol. The molecule has 0 saturated carbocycles. The smallest absolute Gasteiger partial charge is 0.394 e. The van der Waals surface area contributed by atoms with E-state index in [0.29, 0.717) is 6.54 Å². The van der Waals surface area contributed by atoms with Crippen LogP contribution in [0.15, 0.2) is 24.3 Å². The highest BCUT2D eigenvalue weighted by molar-refractivity contribution is 7.79. The minimum absolute atomic E-state index is 0.123. The molecule has 8 heteroatoms. The van der Waals surface area contributed by atoms with Crippen LogP contribution < -0.4 is 10.1 Å². The molecule has 0 bridgehead atoms. The van der Waals surface area contributed by atoms with E-state index in [9.17, 15) is 0 Å². The minimum Gasteiger partial charge on any atom is -0.495 e. The summed E-state index contributed by atoms with van der Waals surface area (Å²) in [6.45, 7) is 0.665. The zero-order chi connectivity index (χ0) is 13.3. The Kier molecular flexibility index (Phi) is 7.22. The lowest BCUT2D eigenvalue weighted by atomic mass is 10.3. The van der Waals surface area contributed by atoms with Gasteiger partial charge in [0.05, 0.1) is 19.4 Å². The van der Waals surface area contributed by atoms with Crippen LogP contribution >= 0.6 is 0 Å². The number of nitrogens with one attached hydrogen (secondary N) is 1. The van der Waals surface area contributed by atoms with Crippen molar-refractivity contribution in [3.05, 3.63) is 24.3 Å². The molecule has 0 heterocycles. The molecule has 0 saturated heterocycles. The minimum atomic E-state index is -4.67. The van der Waals surface area contributed by atoms with Gasteiger partial charge in [0.15, 0.2) is 0 Å². The lowest BCUT2D eigenvalue weighted by Crippen LogP contribution is -2.06. The maximum Gasteiger partial charge on any atom is 0.394 e. The van der Waals surface area contributed by atoms with E-state index in [0.717, 1.165) is 11.4 Å². The molecule has 7 nitrogen and oxygen atoms in total. The summed E-state index contributed by atoms with van der Waals surface area (Å²) >= 11 is 0. The normalized spacial score (nSPS) is 10.1. The SMILES string of the molecule is COc1ccccc1NCCO.O=S(=O)(O)O. The van der Waals surface area contributed by atoms with Gasteiger partial charge in [-0.25, -0.2) is 0 Å². The Labute approximate surface area is 99.6 Å². The lowest BCUT2D eigenvalue weighted by Gasteiger charge is -2.08. The van der Waals surface area contributed by atoms with Gasteiger partial charge in [0.25, 0.3) is 0 Å². The van der Waals surface area contributed by atoms with Gasteiger partial charge in [-0.2, -0.15) is 8.42 Å². The maximum absolute atomic E-state index is 8.74. The van der Waals surface area contributed by atoms with Crippen molar-refractivity contribution in [1.82, 2.24) is 0 Å². The average molecular weight is 265 g/mol. The average Bonchev–Trinajstić information content (AvgIpc) is 2.24. The molecular weight excluding hydrogens is 250 g/mol. The molecule has 0 unspecified atom stereocenters. The molecule has 0 spiro atoms. The molecule has 0 fully saturated rings. The zero-order valence-corrected chi connectivity index (χ0v) is 10.0. The second kappa shape index (κ2) is 7.85. The summed E-state index contributed by atoms with van der Waals surface area (Å²) in [6.07, 6.45) is 0. The first kappa shape index (κ1) is 15.7. The van der Waals surface area contributed by atoms with Crippen LogP contribution in [0.5, 0.6) is 5.75 Å². The van der Waals surface area contributed by atoms with Crippen LogP contribution in [0.2, 0.25) is 0 Å². The molecule has 98 valence electrons. The highest BCUT2D eigenvalue weighted by Crippen LogP contribution is 2.22. The van der Waals surface area contributed by atoms with E-state index in [1.807, 2.05) is 24.3 Å². The Morgan fingerprint density at radius 2 is 1.82 bits per heavy atom. The molecule has 1 rings (SSSR count). The van der Waals surface area contributed by atoms with Crippen molar-refractivity contribution in [1.29, 1.82) is 0 Å². The van der Waals surface area contributed by atoms with E-state index in [1.54, 1.807) is 7.11 Å². The van der Waals surface area contributed by atoms with Crippen molar-refractivity contribution in [2.75, 3.05) is 25.6 Å². The number of aliphatic hydroxyl groups is 1. The summed E-state index contributed by atoms with van der Waals surface area (Å²) < 4.78 is 36.7. The maximum atomic E-state index is 8.74. The van der Waals surface area contributed by atoms with Crippen molar-refractivity contribution < 1.29 is 27.4 Å². The van der Waals surface area contributed by atoms with Gasteiger partial charge in [-0.15, -0.1) is 0 Å². The molecule has 0 atom stereocenters. The molecule has 1 aromatic rings. The van der Waals surface area contributed by atoms with Gasteiger partial charge in [-0.05, 0) is 12.1 Å². The molecule has 4 N–H and O–H groups in total. The zero-order valence-electron chi connectivity index (χ0n) is 9.20. The van der Waals surface area contributed by atoms with Gasteiger partial charge < -0.3 is 15.2 Å². The van der Waals surface area contributed by atoms with Crippen LogP contribution in [0.4, 0.5) is 5.69 Å². The fourth-order valence-corrected chi connectivity index (χ4v) is 0.981. The second-order valence-electron chi connectivity index (χ2n) is 2.80. The van der Waals surface area contributed by atoms with Crippen LogP contribution in [0.3, 0.4) is 0 Å². The summed E-state index contributed by atoms with van der Waals surface area (Å²) in [4.78, 5) is 0. The number of aliphatic hydroxyl groups excluding tert-OH is 1. The van der Waals surface area contributed by atoms with E-state index in [1.165, 1.54) is 0 Å². The fraction of sp³-hybridized carbons (Fsp3) is 0.333. The molecule has 0 aliphatic heterocycles. The number of ether oxygens (including phenoxy) is 1. The summed E-state index contributed by atoms with van der Waals surface area (Å²) in [5.74, 6) is 0.797. The van der Waals surface area contributed by atoms with Gasteiger partial charge in [0.1, 0.15) is 5.75 Å². The van der Waals surface area contributed by atoms with E-state index in [-0.39, 0.29) is 6.61 Å². The van der Waals surface area contributed by atoms with Gasteiger partial charge in [-0.1, -0.05) is 12.1 Å². The number of anilines is 1.